The molecule has 0 aliphatic heterocycles. The molecule has 2 aromatic rings. The van der Waals surface area contributed by atoms with Gasteiger partial charge in [0.15, 0.2) is 0 Å². The van der Waals surface area contributed by atoms with E-state index in [9.17, 15) is 4.79 Å². The highest BCUT2D eigenvalue weighted by atomic mass is 79.9. The number of carbonyl (C=O) groups is 1. The summed E-state index contributed by atoms with van der Waals surface area (Å²) in [7, 11) is 1.59. The quantitative estimate of drug-likeness (QED) is 0.796. The summed E-state index contributed by atoms with van der Waals surface area (Å²) in [6, 6.07) is 10.8. The van der Waals surface area contributed by atoms with Crippen molar-refractivity contribution in [2.24, 2.45) is 0 Å². The molecule has 0 aromatic heterocycles. The molecule has 21 heavy (non-hydrogen) atoms. The smallest absolute Gasteiger partial charge is 0.251 e. The molecule has 2 aromatic carbocycles. The third kappa shape index (κ3) is 4.13. The summed E-state index contributed by atoms with van der Waals surface area (Å²) in [6.07, 6.45) is 0. The van der Waals surface area contributed by atoms with Gasteiger partial charge in [-0.1, -0.05) is 45.2 Å². The zero-order chi connectivity index (χ0) is 15.4. The molecule has 110 valence electrons. The lowest BCUT2D eigenvalue weighted by Crippen LogP contribution is -2.17. The summed E-state index contributed by atoms with van der Waals surface area (Å²) in [5.41, 5.74) is 2.18. The maximum atomic E-state index is 11.6. The minimum atomic E-state index is -0.156. The van der Waals surface area contributed by atoms with Crippen LogP contribution >= 0.6 is 39.1 Å². The average Bonchev–Trinajstić information content (AvgIpc) is 2.47. The molecule has 0 radical (unpaired) electrons. The van der Waals surface area contributed by atoms with Crippen LogP contribution in [0.4, 0.5) is 5.69 Å². The second-order valence-corrected chi connectivity index (χ2v) is 6.09. The summed E-state index contributed by atoms with van der Waals surface area (Å²) in [6.45, 7) is 0.517. The predicted octanol–water partition coefficient (Wildman–Crippen LogP) is 4.73. The van der Waals surface area contributed by atoms with Gasteiger partial charge in [-0.2, -0.15) is 0 Å². The summed E-state index contributed by atoms with van der Waals surface area (Å²) < 4.78 is 0.927. The van der Waals surface area contributed by atoms with Crippen molar-refractivity contribution in [3.8, 4) is 0 Å². The van der Waals surface area contributed by atoms with E-state index in [1.165, 1.54) is 0 Å². The van der Waals surface area contributed by atoms with Gasteiger partial charge < -0.3 is 10.6 Å². The van der Waals surface area contributed by atoms with E-state index in [0.717, 1.165) is 10.0 Å². The maximum absolute atomic E-state index is 11.6. The van der Waals surface area contributed by atoms with Crippen molar-refractivity contribution in [1.82, 2.24) is 5.32 Å². The first-order chi connectivity index (χ1) is 10.0. The fourth-order valence-electron chi connectivity index (χ4n) is 1.80. The van der Waals surface area contributed by atoms with Crippen LogP contribution < -0.4 is 10.6 Å². The average molecular weight is 388 g/mol. The molecule has 0 heterocycles. The summed E-state index contributed by atoms with van der Waals surface area (Å²) in [5, 5.41) is 6.99. The number of anilines is 1. The Morgan fingerprint density at radius 1 is 1.14 bits per heavy atom. The van der Waals surface area contributed by atoms with Crippen molar-refractivity contribution in [1.29, 1.82) is 0 Å². The highest BCUT2D eigenvalue weighted by Crippen LogP contribution is 2.26. The van der Waals surface area contributed by atoms with Crippen LogP contribution in [0.2, 0.25) is 10.0 Å². The van der Waals surface area contributed by atoms with Crippen LogP contribution in [0.15, 0.2) is 40.9 Å². The van der Waals surface area contributed by atoms with Gasteiger partial charge in [-0.15, -0.1) is 0 Å². The van der Waals surface area contributed by atoms with Crippen LogP contribution in [-0.4, -0.2) is 13.0 Å². The monoisotopic (exact) mass is 386 g/mol. The number of hydrogen-bond donors (Lipinski definition) is 2. The fraction of sp³-hybridized carbons (Fsp3) is 0.133. The van der Waals surface area contributed by atoms with Crippen LogP contribution in [0.3, 0.4) is 0 Å². The van der Waals surface area contributed by atoms with Crippen molar-refractivity contribution in [2.75, 3.05) is 12.4 Å². The molecule has 2 rings (SSSR count). The van der Waals surface area contributed by atoms with Gasteiger partial charge in [0.25, 0.3) is 5.91 Å². The van der Waals surface area contributed by atoms with Crippen LogP contribution in [-0.2, 0) is 6.54 Å². The molecule has 0 unspecified atom stereocenters. The molecule has 0 bridgehead atoms. The third-order valence-corrected chi connectivity index (χ3v) is 4.11. The van der Waals surface area contributed by atoms with Crippen LogP contribution in [0.1, 0.15) is 15.9 Å². The molecule has 6 heteroatoms. The normalized spacial score (nSPS) is 10.3. The van der Waals surface area contributed by atoms with Crippen molar-refractivity contribution in [3.63, 3.8) is 0 Å². The van der Waals surface area contributed by atoms with E-state index in [-0.39, 0.29) is 5.91 Å². The molecule has 0 fully saturated rings. The summed E-state index contributed by atoms with van der Waals surface area (Å²) in [5.74, 6) is -0.156. The lowest BCUT2D eigenvalue weighted by Gasteiger charge is -2.11. The Morgan fingerprint density at radius 2 is 1.90 bits per heavy atom. The minimum Gasteiger partial charge on any atom is -0.380 e. The number of halogens is 3. The standard InChI is InChI=1S/C15H13BrCl2N2O/c1-19-15(21)9-3-5-12(17)14(6-9)20-8-10-2-4-11(16)7-13(10)18/h2-7,20H,8H2,1H3,(H,19,21). The topological polar surface area (TPSA) is 41.1 Å². The Labute approximate surface area is 141 Å². The van der Waals surface area contributed by atoms with Crippen molar-refractivity contribution < 1.29 is 4.79 Å². The van der Waals surface area contributed by atoms with Gasteiger partial charge in [-0.25, -0.2) is 0 Å². The summed E-state index contributed by atoms with van der Waals surface area (Å²) >= 11 is 15.7. The second-order valence-electron chi connectivity index (χ2n) is 4.36. The van der Waals surface area contributed by atoms with E-state index < -0.39 is 0 Å². The van der Waals surface area contributed by atoms with E-state index in [2.05, 4.69) is 26.6 Å². The van der Waals surface area contributed by atoms with Crippen molar-refractivity contribution in [2.45, 2.75) is 6.54 Å². The lowest BCUT2D eigenvalue weighted by atomic mass is 10.1. The van der Waals surface area contributed by atoms with Gasteiger partial charge in [-0.05, 0) is 35.9 Å². The Bertz CT molecular complexity index is 677. The molecule has 1 amide bonds. The first-order valence-electron chi connectivity index (χ1n) is 6.20. The highest BCUT2D eigenvalue weighted by molar-refractivity contribution is 9.10. The molecule has 0 aliphatic carbocycles. The molecule has 3 nitrogen and oxygen atoms in total. The molecule has 0 saturated heterocycles. The lowest BCUT2D eigenvalue weighted by molar-refractivity contribution is 0.0963. The largest absolute Gasteiger partial charge is 0.380 e. The predicted molar refractivity (Wildman–Crippen MR) is 91.3 cm³/mol. The van der Waals surface area contributed by atoms with Gasteiger partial charge in [0.1, 0.15) is 0 Å². The van der Waals surface area contributed by atoms with Gasteiger partial charge in [0, 0.05) is 28.7 Å². The molecule has 0 saturated carbocycles. The van der Waals surface area contributed by atoms with Crippen LogP contribution in [0, 0.1) is 0 Å². The van der Waals surface area contributed by atoms with Gasteiger partial charge in [0.2, 0.25) is 0 Å². The first kappa shape index (κ1) is 16.1. The molecule has 0 atom stereocenters. The molecular formula is C15H13BrCl2N2O. The fourth-order valence-corrected chi connectivity index (χ4v) is 2.73. The number of rotatable bonds is 4. The zero-order valence-electron chi connectivity index (χ0n) is 11.2. The number of benzene rings is 2. The van der Waals surface area contributed by atoms with Crippen LogP contribution in [0.5, 0.6) is 0 Å². The van der Waals surface area contributed by atoms with E-state index in [1.807, 2.05) is 18.2 Å². The van der Waals surface area contributed by atoms with Crippen molar-refractivity contribution >= 4 is 50.7 Å². The molecule has 0 spiro atoms. The molecule has 0 aliphatic rings. The number of hydrogen-bond acceptors (Lipinski definition) is 2. The van der Waals surface area contributed by atoms with Gasteiger partial charge in [0.05, 0.1) is 10.7 Å². The zero-order valence-corrected chi connectivity index (χ0v) is 14.3. The minimum absolute atomic E-state index is 0.156. The Hall–Kier alpha value is -1.23. The van der Waals surface area contributed by atoms with Crippen molar-refractivity contribution in [3.05, 3.63) is 62.0 Å². The van der Waals surface area contributed by atoms with Gasteiger partial charge >= 0.3 is 0 Å². The van der Waals surface area contributed by atoms with E-state index >= 15 is 0 Å². The number of amides is 1. The highest BCUT2D eigenvalue weighted by Gasteiger charge is 2.08. The Kier molecular flexibility index (Phi) is 5.51. The maximum Gasteiger partial charge on any atom is 0.251 e. The van der Waals surface area contributed by atoms with Gasteiger partial charge in [-0.3, -0.25) is 4.79 Å². The SMILES string of the molecule is CNC(=O)c1ccc(Cl)c(NCc2ccc(Br)cc2Cl)c1. The number of nitrogens with one attached hydrogen (secondary N) is 2. The Balaban J connectivity index is 2.17. The van der Waals surface area contributed by atoms with E-state index in [1.54, 1.807) is 25.2 Å². The molecular weight excluding hydrogens is 375 g/mol. The third-order valence-electron chi connectivity index (χ3n) is 2.94. The van der Waals surface area contributed by atoms with E-state index in [0.29, 0.717) is 27.8 Å². The van der Waals surface area contributed by atoms with E-state index in [4.69, 9.17) is 23.2 Å². The summed E-state index contributed by atoms with van der Waals surface area (Å²) in [4.78, 5) is 11.6. The first-order valence-corrected chi connectivity index (χ1v) is 7.75. The number of carbonyl (C=O) groups excluding carboxylic acids is 1. The molecule has 2 N–H and O–H groups in total. The van der Waals surface area contributed by atoms with Crippen LogP contribution in [0.25, 0.3) is 0 Å². The Morgan fingerprint density at radius 3 is 2.57 bits per heavy atom. The second kappa shape index (κ2) is 7.16.